The average Bonchev–Trinajstić information content (AvgIpc) is 3.23. The third-order valence-electron chi connectivity index (χ3n) is 5.28. The number of unbranched alkanes of at least 4 members (excludes halogenated alkanes) is 1. The lowest BCUT2D eigenvalue weighted by atomic mass is 10.1. The minimum Gasteiger partial charge on any atom is -0.462 e. The van der Waals surface area contributed by atoms with Gasteiger partial charge in [-0.1, -0.05) is 24.9 Å². The van der Waals surface area contributed by atoms with Crippen molar-refractivity contribution in [1.82, 2.24) is 10.4 Å². The summed E-state index contributed by atoms with van der Waals surface area (Å²) < 4.78 is 10.2. The number of carbonyl (C=O) groups excluding carboxylic acids is 5. The highest BCUT2D eigenvalue weighted by atomic mass is 35.5. The molecule has 3 rings (SSSR count). The molecule has 2 aromatic rings. The second-order valence-corrected chi connectivity index (χ2v) is 8.51. The molecule has 0 bridgehead atoms. The van der Waals surface area contributed by atoms with Crippen molar-refractivity contribution in [3.8, 4) is 0 Å². The van der Waals surface area contributed by atoms with E-state index in [0.29, 0.717) is 28.4 Å². The zero-order chi connectivity index (χ0) is 26.1. The van der Waals surface area contributed by atoms with E-state index < -0.39 is 42.2 Å². The zero-order valence-electron chi connectivity index (χ0n) is 19.6. The maximum Gasteiger partial charge on any atom is 0.338 e. The van der Waals surface area contributed by atoms with E-state index in [9.17, 15) is 24.0 Å². The summed E-state index contributed by atoms with van der Waals surface area (Å²) in [6.45, 7) is 1.71. The van der Waals surface area contributed by atoms with E-state index in [1.807, 2.05) is 6.92 Å². The normalized spacial score (nSPS) is 14.8. The Hall–Kier alpha value is -3.92. The van der Waals surface area contributed by atoms with Gasteiger partial charge in [0.05, 0.1) is 24.6 Å². The van der Waals surface area contributed by atoms with Crippen molar-refractivity contribution in [3.05, 3.63) is 64.7 Å². The van der Waals surface area contributed by atoms with Gasteiger partial charge in [0.1, 0.15) is 0 Å². The molecule has 0 radical (unpaired) electrons. The fraction of sp³-hybridized carbons (Fsp3) is 0.320. The third-order valence-corrected chi connectivity index (χ3v) is 5.53. The van der Waals surface area contributed by atoms with Gasteiger partial charge in [-0.3, -0.25) is 29.6 Å². The first-order valence-electron chi connectivity index (χ1n) is 11.4. The Morgan fingerprint density at radius 1 is 1.00 bits per heavy atom. The number of esters is 2. The van der Waals surface area contributed by atoms with Crippen LogP contribution in [-0.2, 0) is 23.9 Å². The van der Waals surface area contributed by atoms with E-state index >= 15 is 0 Å². The number of benzene rings is 2. The molecule has 190 valence electrons. The molecule has 1 aliphatic heterocycles. The second kappa shape index (κ2) is 12.7. The molecule has 0 spiro atoms. The smallest absolute Gasteiger partial charge is 0.338 e. The fourth-order valence-electron chi connectivity index (χ4n) is 3.30. The Labute approximate surface area is 212 Å². The summed E-state index contributed by atoms with van der Waals surface area (Å²) >= 11 is 5.81. The predicted molar refractivity (Wildman–Crippen MR) is 130 cm³/mol. The number of hydrogen-bond acceptors (Lipinski definition) is 7. The Morgan fingerprint density at radius 3 is 2.33 bits per heavy atom. The number of rotatable bonds is 10. The van der Waals surface area contributed by atoms with Crippen LogP contribution in [0.15, 0.2) is 48.5 Å². The molecule has 2 N–H and O–H groups in total. The molecule has 1 aliphatic rings. The predicted octanol–water partition coefficient (Wildman–Crippen LogP) is 2.97. The molecule has 36 heavy (non-hydrogen) atoms. The van der Waals surface area contributed by atoms with Crippen LogP contribution < -0.4 is 10.7 Å². The van der Waals surface area contributed by atoms with Crippen molar-refractivity contribution in [1.29, 1.82) is 0 Å². The number of amides is 3. The van der Waals surface area contributed by atoms with Gasteiger partial charge in [-0.15, -0.1) is 0 Å². The number of carbonyl (C=O) groups is 5. The molecule has 1 atom stereocenters. The lowest BCUT2D eigenvalue weighted by Crippen LogP contribution is -2.43. The zero-order valence-corrected chi connectivity index (χ0v) is 20.4. The number of ether oxygens (including phenoxy) is 2. The van der Waals surface area contributed by atoms with Crippen molar-refractivity contribution in [2.24, 2.45) is 5.92 Å². The van der Waals surface area contributed by atoms with Crippen molar-refractivity contribution in [2.75, 3.05) is 25.1 Å². The Kier molecular flexibility index (Phi) is 9.40. The Morgan fingerprint density at radius 2 is 1.67 bits per heavy atom. The topological polar surface area (TPSA) is 131 Å². The van der Waals surface area contributed by atoms with Gasteiger partial charge in [-0.25, -0.2) is 4.79 Å². The first-order chi connectivity index (χ1) is 17.3. The van der Waals surface area contributed by atoms with Crippen LogP contribution in [0.4, 0.5) is 5.69 Å². The third kappa shape index (κ3) is 7.54. The highest BCUT2D eigenvalue weighted by Gasteiger charge is 2.36. The molecule has 0 aliphatic carbocycles. The molecule has 0 saturated carbocycles. The molecule has 2 aromatic carbocycles. The van der Waals surface area contributed by atoms with Gasteiger partial charge in [-0.05, 0) is 55.0 Å². The number of hydrogen-bond donors (Lipinski definition) is 2. The lowest BCUT2D eigenvalue weighted by molar-refractivity contribution is -0.151. The van der Waals surface area contributed by atoms with Crippen molar-refractivity contribution in [2.45, 2.75) is 26.2 Å². The molecule has 3 amide bonds. The average molecular weight is 516 g/mol. The van der Waals surface area contributed by atoms with Crippen LogP contribution in [0, 0.1) is 5.92 Å². The minimum absolute atomic E-state index is 0.0750. The molecule has 11 heteroatoms. The van der Waals surface area contributed by atoms with E-state index in [2.05, 4.69) is 10.7 Å². The molecule has 1 saturated heterocycles. The first-order valence-corrected chi connectivity index (χ1v) is 11.7. The quantitative estimate of drug-likeness (QED) is 0.367. The van der Waals surface area contributed by atoms with Crippen LogP contribution in [0.1, 0.15) is 46.9 Å². The fourth-order valence-corrected chi connectivity index (χ4v) is 3.42. The molecule has 10 nitrogen and oxygen atoms in total. The Bertz CT molecular complexity index is 1120. The van der Waals surface area contributed by atoms with Gasteiger partial charge >= 0.3 is 11.9 Å². The SMILES string of the molecule is CCCCOC(=O)c1ccc(NC(=O)COC(=O)[C@@H]2CC(=O)N(NC(=O)c3ccc(Cl)cc3)C2)cc1. The van der Waals surface area contributed by atoms with Gasteiger partial charge in [0.15, 0.2) is 6.61 Å². The van der Waals surface area contributed by atoms with E-state index in [0.717, 1.165) is 17.9 Å². The maximum atomic E-state index is 12.4. The monoisotopic (exact) mass is 515 g/mol. The first kappa shape index (κ1) is 26.7. The van der Waals surface area contributed by atoms with Crippen LogP contribution in [0.3, 0.4) is 0 Å². The van der Waals surface area contributed by atoms with Crippen molar-refractivity contribution >= 4 is 46.9 Å². The molecular weight excluding hydrogens is 490 g/mol. The standard InChI is InChI=1S/C25H26ClN3O7/c1-2-3-12-35-24(33)17-6-10-20(11-7-17)27-21(30)15-36-25(34)18-13-22(31)29(14-18)28-23(32)16-4-8-19(26)9-5-16/h4-11,18H,2-3,12-15H2,1H3,(H,27,30)(H,28,32)/t18-/m1/s1. The summed E-state index contributed by atoms with van der Waals surface area (Å²) in [4.78, 5) is 60.9. The number of nitrogens with zero attached hydrogens (tertiary/aromatic N) is 1. The van der Waals surface area contributed by atoms with E-state index in [-0.39, 0.29) is 13.0 Å². The van der Waals surface area contributed by atoms with Crippen LogP contribution in [0.5, 0.6) is 0 Å². The van der Waals surface area contributed by atoms with Crippen molar-refractivity contribution < 1.29 is 33.4 Å². The number of halogens is 1. The summed E-state index contributed by atoms with van der Waals surface area (Å²) in [6.07, 6.45) is 1.54. The summed E-state index contributed by atoms with van der Waals surface area (Å²) in [6, 6.07) is 12.2. The summed E-state index contributed by atoms with van der Waals surface area (Å²) in [7, 11) is 0. The second-order valence-electron chi connectivity index (χ2n) is 8.08. The molecule has 1 fully saturated rings. The number of nitrogens with one attached hydrogen (secondary N) is 2. The summed E-state index contributed by atoms with van der Waals surface area (Å²) in [5, 5.41) is 4.08. The van der Waals surface area contributed by atoms with Crippen molar-refractivity contribution in [3.63, 3.8) is 0 Å². The van der Waals surface area contributed by atoms with Crippen LogP contribution in [0.25, 0.3) is 0 Å². The molecule has 1 heterocycles. The van der Waals surface area contributed by atoms with Gasteiger partial charge < -0.3 is 14.8 Å². The summed E-state index contributed by atoms with van der Waals surface area (Å²) in [5.41, 5.74) is 3.52. The largest absolute Gasteiger partial charge is 0.462 e. The van der Waals surface area contributed by atoms with Gasteiger partial charge in [0.2, 0.25) is 5.91 Å². The van der Waals surface area contributed by atoms with Gasteiger partial charge in [0, 0.05) is 22.7 Å². The lowest BCUT2D eigenvalue weighted by Gasteiger charge is -2.17. The van der Waals surface area contributed by atoms with E-state index in [1.165, 1.54) is 36.4 Å². The highest BCUT2D eigenvalue weighted by Crippen LogP contribution is 2.18. The minimum atomic E-state index is -0.825. The molecule has 0 aromatic heterocycles. The summed E-state index contributed by atoms with van der Waals surface area (Å²) in [5.74, 6) is -3.55. The van der Waals surface area contributed by atoms with E-state index in [4.69, 9.17) is 21.1 Å². The highest BCUT2D eigenvalue weighted by molar-refractivity contribution is 6.30. The molecular formula is C25H26ClN3O7. The number of anilines is 1. The van der Waals surface area contributed by atoms with Gasteiger partial charge in [0.25, 0.3) is 11.8 Å². The molecule has 0 unspecified atom stereocenters. The number of hydrazine groups is 1. The van der Waals surface area contributed by atoms with Crippen LogP contribution in [0.2, 0.25) is 5.02 Å². The van der Waals surface area contributed by atoms with E-state index in [1.54, 1.807) is 12.1 Å². The van der Waals surface area contributed by atoms with Crippen LogP contribution in [-0.4, -0.2) is 54.4 Å². The van der Waals surface area contributed by atoms with Crippen LogP contribution >= 0.6 is 11.6 Å². The Balaban J connectivity index is 1.42. The van der Waals surface area contributed by atoms with Gasteiger partial charge in [-0.2, -0.15) is 0 Å². The maximum absolute atomic E-state index is 12.4.